The van der Waals surface area contributed by atoms with Crippen LogP contribution < -0.4 is 10.5 Å². The second kappa shape index (κ2) is 8.77. The van der Waals surface area contributed by atoms with Crippen LogP contribution in [0.25, 0.3) is 0 Å². The Hall–Kier alpha value is -1.27. The molecule has 1 aromatic carbocycles. The summed E-state index contributed by atoms with van der Waals surface area (Å²) in [5.74, 6) is 1.53. The van der Waals surface area contributed by atoms with Crippen molar-refractivity contribution in [2.45, 2.75) is 12.5 Å². The fourth-order valence-electron chi connectivity index (χ4n) is 1.33. The van der Waals surface area contributed by atoms with Crippen LogP contribution in [0, 0.1) is 5.82 Å². The van der Waals surface area contributed by atoms with Crippen molar-refractivity contribution in [1.82, 2.24) is 0 Å². The van der Waals surface area contributed by atoms with Crippen molar-refractivity contribution in [2.24, 2.45) is 5.73 Å². The first-order valence-electron chi connectivity index (χ1n) is 5.93. The SMILES string of the molecule is COC(=O)C(N)CCSCCOc1ccc(F)cc1. The molecule has 19 heavy (non-hydrogen) atoms. The normalized spacial score (nSPS) is 11.9. The number of carbonyl (C=O) groups excluding carboxylic acids is 1. The molecular weight excluding hydrogens is 269 g/mol. The number of methoxy groups -OCH3 is 1. The van der Waals surface area contributed by atoms with Gasteiger partial charge in [-0.05, 0) is 36.4 Å². The summed E-state index contributed by atoms with van der Waals surface area (Å²) in [5.41, 5.74) is 5.59. The van der Waals surface area contributed by atoms with E-state index in [1.807, 2.05) is 0 Å². The first-order valence-corrected chi connectivity index (χ1v) is 7.08. The van der Waals surface area contributed by atoms with E-state index in [2.05, 4.69) is 4.74 Å². The number of rotatable bonds is 8. The van der Waals surface area contributed by atoms with E-state index in [4.69, 9.17) is 10.5 Å². The third-order valence-electron chi connectivity index (χ3n) is 2.39. The Morgan fingerprint density at radius 3 is 2.68 bits per heavy atom. The average Bonchev–Trinajstić information content (AvgIpc) is 2.43. The first-order chi connectivity index (χ1) is 9.13. The highest BCUT2D eigenvalue weighted by Gasteiger charge is 2.12. The maximum Gasteiger partial charge on any atom is 0.322 e. The molecule has 4 nitrogen and oxygen atoms in total. The minimum absolute atomic E-state index is 0.279. The molecule has 0 aromatic heterocycles. The lowest BCUT2D eigenvalue weighted by atomic mass is 10.2. The molecule has 0 bridgehead atoms. The van der Waals surface area contributed by atoms with Crippen LogP contribution in [0.4, 0.5) is 4.39 Å². The van der Waals surface area contributed by atoms with Crippen LogP contribution in [-0.4, -0.2) is 37.2 Å². The predicted octanol–water partition coefficient (Wildman–Crippen LogP) is 1.83. The van der Waals surface area contributed by atoms with E-state index in [0.29, 0.717) is 18.8 Å². The Labute approximate surface area is 116 Å². The Balaban J connectivity index is 2.05. The van der Waals surface area contributed by atoms with Crippen molar-refractivity contribution < 1.29 is 18.7 Å². The van der Waals surface area contributed by atoms with Crippen LogP contribution in [0.3, 0.4) is 0 Å². The Morgan fingerprint density at radius 1 is 1.37 bits per heavy atom. The van der Waals surface area contributed by atoms with E-state index < -0.39 is 6.04 Å². The lowest BCUT2D eigenvalue weighted by Crippen LogP contribution is -2.32. The molecule has 0 radical (unpaired) electrons. The summed E-state index contributed by atoms with van der Waals surface area (Å²) >= 11 is 1.65. The predicted molar refractivity (Wildman–Crippen MR) is 73.8 cm³/mol. The van der Waals surface area contributed by atoms with E-state index in [0.717, 1.165) is 11.5 Å². The summed E-state index contributed by atoms with van der Waals surface area (Å²) in [6, 6.07) is 5.34. The van der Waals surface area contributed by atoms with Crippen molar-refractivity contribution in [3.8, 4) is 5.75 Å². The Bertz CT molecular complexity index is 386. The highest BCUT2D eigenvalue weighted by molar-refractivity contribution is 7.99. The topological polar surface area (TPSA) is 61.5 Å². The van der Waals surface area contributed by atoms with Crippen LogP contribution in [0.5, 0.6) is 5.75 Å². The van der Waals surface area contributed by atoms with Crippen molar-refractivity contribution in [3.05, 3.63) is 30.1 Å². The molecule has 2 N–H and O–H groups in total. The summed E-state index contributed by atoms with van der Waals surface area (Å²) < 4.78 is 22.6. The minimum Gasteiger partial charge on any atom is -0.493 e. The third-order valence-corrected chi connectivity index (χ3v) is 3.37. The summed E-state index contributed by atoms with van der Waals surface area (Å²) in [4.78, 5) is 11.0. The summed E-state index contributed by atoms with van der Waals surface area (Å²) in [5, 5.41) is 0. The van der Waals surface area contributed by atoms with Gasteiger partial charge in [-0.3, -0.25) is 4.79 Å². The monoisotopic (exact) mass is 287 g/mol. The van der Waals surface area contributed by atoms with Crippen LogP contribution in [0.15, 0.2) is 24.3 Å². The average molecular weight is 287 g/mol. The maximum absolute atomic E-state index is 12.6. The van der Waals surface area contributed by atoms with Gasteiger partial charge in [-0.2, -0.15) is 11.8 Å². The van der Waals surface area contributed by atoms with Gasteiger partial charge in [0.05, 0.1) is 13.7 Å². The van der Waals surface area contributed by atoms with Gasteiger partial charge in [0, 0.05) is 5.75 Å². The highest BCUT2D eigenvalue weighted by atomic mass is 32.2. The van der Waals surface area contributed by atoms with Crippen molar-refractivity contribution >= 4 is 17.7 Å². The maximum atomic E-state index is 12.6. The molecule has 0 heterocycles. The molecule has 0 aliphatic heterocycles. The molecular formula is C13H18FNO3S. The number of hydrogen-bond acceptors (Lipinski definition) is 5. The standard InChI is InChI=1S/C13H18FNO3S/c1-17-13(16)12(15)6-8-19-9-7-18-11-4-2-10(14)3-5-11/h2-5,12H,6-9,15H2,1H3. The second-order valence-corrected chi connectivity index (χ2v) is 5.06. The number of thioether (sulfide) groups is 1. The van der Waals surface area contributed by atoms with Gasteiger partial charge in [-0.15, -0.1) is 0 Å². The number of esters is 1. The molecule has 0 aliphatic carbocycles. The zero-order valence-electron chi connectivity index (χ0n) is 10.8. The molecule has 1 aromatic rings. The van der Waals surface area contributed by atoms with Gasteiger partial charge in [0.1, 0.15) is 17.6 Å². The third kappa shape index (κ3) is 6.45. The molecule has 0 aliphatic rings. The first kappa shape index (κ1) is 15.8. The number of nitrogens with two attached hydrogens (primary N) is 1. The smallest absolute Gasteiger partial charge is 0.322 e. The summed E-state index contributed by atoms with van der Waals surface area (Å²) in [7, 11) is 1.33. The quantitative estimate of drug-likeness (QED) is 0.584. The zero-order valence-corrected chi connectivity index (χ0v) is 11.6. The molecule has 1 unspecified atom stereocenters. The lowest BCUT2D eigenvalue weighted by molar-refractivity contribution is -0.142. The van der Waals surface area contributed by atoms with Gasteiger partial charge in [0.25, 0.3) is 0 Å². The molecule has 106 valence electrons. The summed E-state index contributed by atoms with van der Waals surface area (Å²) in [6.07, 6.45) is 0.577. The molecule has 1 atom stereocenters. The molecule has 0 saturated carbocycles. The zero-order chi connectivity index (χ0) is 14.1. The fraction of sp³-hybridized carbons (Fsp3) is 0.462. The number of hydrogen-bond donors (Lipinski definition) is 1. The van der Waals surface area contributed by atoms with Crippen LogP contribution in [0.1, 0.15) is 6.42 Å². The Morgan fingerprint density at radius 2 is 2.05 bits per heavy atom. The van der Waals surface area contributed by atoms with E-state index in [1.165, 1.54) is 19.2 Å². The number of ether oxygens (including phenoxy) is 2. The van der Waals surface area contributed by atoms with E-state index in [9.17, 15) is 9.18 Å². The molecule has 6 heteroatoms. The van der Waals surface area contributed by atoms with Crippen molar-refractivity contribution in [3.63, 3.8) is 0 Å². The number of carbonyl (C=O) groups is 1. The van der Waals surface area contributed by atoms with Gasteiger partial charge in [-0.25, -0.2) is 4.39 Å². The number of halogens is 1. The molecule has 0 amide bonds. The van der Waals surface area contributed by atoms with E-state index in [-0.39, 0.29) is 11.8 Å². The molecule has 0 fully saturated rings. The lowest BCUT2D eigenvalue weighted by Gasteiger charge is -2.09. The van der Waals surface area contributed by atoms with Gasteiger partial charge in [-0.1, -0.05) is 0 Å². The van der Waals surface area contributed by atoms with Crippen molar-refractivity contribution in [2.75, 3.05) is 25.2 Å². The van der Waals surface area contributed by atoms with E-state index >= 15 is 0 Å². The number of benzene rings is 1. The van der Waals surface area contributed by atoms with Crippen LogP contribution in [-0.2, 0) is 9.53 Å². The van der Waals surface area contributed by atoms with Crippen molar-refractivity contribution in [1.29, 1.82) is 0 Å². The molecule has 0 spiro atoms. The molecule has 0 saturated heterocycles. The Kier molecular flexibility index (Phi) is 7.28. The summed E-state index contributed by atoms with van der Waals surface area (Å²) in [6.45, 7) is 0.532. The van der Waals surface area contributed by atoms with E-state index in [1.54, 1.807) is 23.9 Å². The molecule has 1 rings (SSSR count). The largest absolute Gasteiger partial charge is 0.493 e. The van der Waals surface area contributed by atoms with Gasteiger partial charge in [0.2, 0.25) is 0 Å². The highest BCUT2D eigenvalue weighted by Crippen LogP contribution is 2.12. The minimum atomic E-state index is -0.560. The van der Waals surface area contributed by atoms with Gasteiger partial charge in [0.15, 0.2) is 0 Å². The van der Waals surface area contributed by atoms with Gasteiger partial charge >= 0.3 is 5.97 Å². The van der Waals surface area contributed by atoms with Crippen LogP contribution in [0.2, 0.25) is 0 Å². The van der Waals surface area contributed by atoms with Crippen LogP contribution >= 0.6 is 11.8 Å². The van der Waals surface area contributed by atoms with Gasteiger partial charge < -0.3 is 15.2 Å². The second-order valence-electron chi connectivity index (χ2n) is 3.83. The fourth-order valence-corrected chi connectivity index (χ4v) is 2.16.